The molecule has 5 nitrogen and oxygen atoms in total. The molecule has 1 saturated heterocycles. The maximum atomic E-state index is 12.0. The topological polar surface area (TPSA) is 60.9 Å². The summed E-state index contributed by atoms with van der Waals surface area (Å²) in [6.07, 6.45) is 5.87. The van der Waals surface area contributed by atoms with Crippen molar-refractivity contribution in [2.45, 2.75) is 50.2 Å². The highest BCUT2D eigenvalue weighted by atomic mass is 32.2. The van der Waals surface area contributed by atoms with Gasteiger partial charge in [-0.05, 0) is 37.8 Å². The van der Waals surface area contributed by atoms with Gasteiger partial charge in [-0.15, -0.1) is 0 Å². The van der Waals surface area contributed by atoms with E-state index in [-0.39, 0.29) is 11.7 Å². The number of hydrogen-bond donors (Lipinski definition) is 1. The van der Waals surface area contributed by atoms with Crippen LogP contribution in [-0.2, 0) is 15.6 Å². The van der Waals surface area contributed by atoms with Gasteiger partial charge in [0.2, 0.25) is 10.0 Å². The SMILES string of the molecule is CN(C)S(=O)(=O)CCCN1CC[C@](O)(c2ccccc2)[C@@H]2CCCC[C@H]21. The molecule has 26 heavy (non-hydrogen) atoms. The summed E-state index contributed by atoms with van der Waals surface area (Å²) in [6.45, 7) is 1.62. The largest absolute Gasteiger partial charge is 0.385 e. The molecule has 0 aromatic heterocycles. The average Bonchev–Trinajstić information content (AvgIpc) is 2.64. The molecule has 3 atom stereocenters. The van der Waals surface area contributed by atoms with E-state index in [1.165, 1.54) is 17.1 Å². The lowest BCUT2D eigenvalue weighted by Crippen LogP contribution is -2.57. The number of piperidine rings is 1. The molecule has 6 heteroatoms. The van der Waals surface area contributed by atoms with Crippen LogP contribution in [0.2, 0.25) is 0 Å². The standard InChI is InChI=1S/C20H32N2O3S/c1-21(2)26(24,25)16-8-14-22-15-13-20(23,17-9-4-3-5-10-17)18-11-6-7-12-19(18)22/h3-5,9-10,18-19,23H,6-8,11-16H2,1-2H3/t18-,19-,20+/m1/s1. The van der Waals surface area contributed by atoms with Crippen LogP contribution in [0.15, 0.2) is 30.3 Å². The van der Waals surface area contributed by atoms with Crippen molar-refractivity contribution in [3.05, 3.63) is 35.9 Å². The molecule has 0 amide bonds. The molecule has 1 aromatic rings. The van der Waals surface area contributed by atoms with E-state index in [9.17, 15) is 13.5 Å². The third-order valence-electron chi connectivity index (χ3n) is 6.27. The zero-order valence-corrected chi connectivity index (χ0v) is 16.8. The van der Waals surface area contributed by atoms with Crippen LogP contribution in [0.1, 0.15) is 44.1 Å². The first kappa shape index (κ1) is 19.8. The van der Waals surface area contributed by atoms with Gasteiger partial charge >= 0.3 is 0 Å². The molecule has 1 aliphatic heterocycles. The van der Waals surface area contributed by atoms with Crippen molar-refractivity contribution >= 4 is 10.0 Å². The number of rotatable bonds is 6. The summed E-state index contributed by atoms with van der Waals surface area (Å²) >= 11 is 0. The highest BCUT2D eigenvalue weighted by Crippen LogP contribution is 2.46. The molecule has 1 aromatic carbocycles. The Balaban J connectivity index is 1.70. The molecular formula is C20H32N2O3S. The lowest BCUT2D eigenvalue weighted by molar-refractivity contribution is -0.120. The molecule has 0 bridgehead atoms. The second-order valence-electron chi connectivity index (χ2n) is 7.99. The minimum absolute atomic E-state index is 0.191. The molecule has 1 aliphatic carbocycles. The van der Waals surface area contributed by atoms with Crippen molar-refractivity contribution in [3.63, 3.8) is 0 Å². The van der Waals surface area contributed by atoms with Crippen LogP contribution in [0.25, 0.3) is 0 Å². The summed E-state index contributed by atoms with van der Waals surface area (Å²) in [6, 6.07) is 10.4. The first-order chi connectivity index (χ1) is 12.3. The van der Waals surface area contributed by atoms with Gasteiger partial charge in [0.15, 0.2) is 0 Å². The number of likely N-dealkylation sites (tertiary alicyclic amines) is 1. The van der Waals surface area contributed by atoms with Gasteiger partial charge in [0, 0.05) is 32.6 Å². The van der Waals surface area contributed by atoms with Crippen LogP contribution in [0.3, 0.4) is 0 Å². The van der Waals surface area contributed by atoms with Crippen molar-refractivity contribution < 1.29 is 13.5 Å². The summed E-state index contributed by atoms with van der Waals surface area (Å²) in [5.41, 5.74) is 0.283. The van der Waals surface area contributed by atoms with E-state index in [2.05, 4.69) is 4.90 Å². The van der Waals surface area contributed by atoms with Gasteiger partial charge in [-0.1, -0.05) is 43.2 Å². The number of sulfonamides is 1. The van der Waals surface area contributed by atoms with Crippen LogP contribution in [0.4, 0.5) is 0 Å². The summed E-state index contributed by atoms with van der Waals surface area (Å²) in [4.78, 5) is 2.44. The van der Waals surface area contributed by atoms with Crippen LogP contribution in [0, 0.1) is 5.92 Å². The zero-order valence-electron chi connectivity index (χ0n) is 16.0. The van der Waals surface area contributed by atoms with E-state index in [0.717, 1.165) is 37.9 Å². The van der Waals surface area contributed by atoms with Crippen molar-refractivity contribution in [1.29, 1.82) is 0 Å². The summed E-state index contributed by atoms with van der Waals surface area (Å²) in [5, 5.41) is 11.6. The third kappa shape index (κ3) is 3.98. The Morgan fingerprint density at radius 2 is 1.88 bits per heavy atom. The summed E-state index contributed by atoms with van der Waals surface area (Å²) in [5.74, 6) is 0.425. The molecule has 1 heterocycles. The lowest BCUT2D eigenvalue weighted by Gasteiger charge is -2.52. The Hall–Kier alpha value is -0.950. The van der Waals surface area contributed by atoms with Crippen LogP contribution in [0.5, 0.6) is 0 Å². The molecule has 2 fully saturated rings. The number of benzene rings is 1. The van der Waals surface area contributed by atoms with Gasteiger partial charge in [-0.25, -0.2) is 12.7 Å². The van der Waals surface area contributed by atoms with Crippen molar-refractivity contribution in [2.24, 2.45) is 5.92 Å². The number of hydrogen-bond acceptors (Lipinski definition) is 4. The fraction of sp³-hybridized carbons (Fsp3) is 0.700. The molecule has 1 N–H and O–H groups in total. The van der Waals surface area contributed by atoms with Gasteiger partial charge in [-0.3, -0.25) is 4.90 Å². The first-order valence-electron chi connectivity index (χ1n) is 9.77. The minimum Gasteiger partial charge on any atom is -0.385 e. The molecule has 146 valence electrons. The number of fused-ring (bicyclic) bond motifs is 1. The van der Waals surface area contributed by atoms with Crippen LogP contribution < -0.4 is 0 Å². The second-order valence-corrected chi connectivity index (χ2v) is 10.3. The molecule has 3 rings (SSSR count). The van der Waals surface area contributed by atoms with Crippen molar-refractivity contribution in [1.82, 2.24) is 9.21 Å². The molecule has 1 saturated carbocycles. The number of aliphatic hydroxyl groups is 1. The summed E-state index contributed by atoms with van der Waals surface area (Å²) < 4.78 is 25.3. The van der Waals surface area contributed by atoms with Gasteiger partial charge in [-0.2, -0.15) is 0 Å². The van der Waals surface area contributed by atoms with Gasteiger partial charge in [0.05, 0.1) is 11.4 Å². The van der Waals surface area contributed by atoms with Crippen molar-refractivity contribution in [3.8, 4) is 0 Å². The van der Waals surface area contributed by atoms with Gasteiger partial charge in [0.25, 0.3) is 0 Å². The van der Waals surface area contributed by atoms with Crippen molar-refractivity contribution in [2.75, 3.05) is 32.9 Å². The lowest BCUT2D eigenvalue weighted by atomic mass is 9.66. The number of nitrogens with zero attached hydrogens (tertiary/aromatic N) is 2. The maximum absolute atomic E-state index is 12.0. The fourth-order valence-electron chi connectivity index (χ4n) is 4.77. The van der Waals surface area contributed by atoms with E-state index < -0.39 is 15.6 Å². The fourth-order valence-corrected chi connectivity index (χ4v) is 5.63. The second kappa shape index (κ2) is 7.97. The highest BCUT2D eigenvalue weighted by molar-refractivity contribution is 7.89. The molecular weight excluding hydrogens is 348 g/mol. The average molecular weight is 381 g/mol. The zero-order chi connectivity index (χ0) is 18.8. The summed E-state index contributed by atoms with van der Waals surface area (Å²) in [7, 11) is 0.0444. The Bertz CT molecular complexity index is 692. The third-order valence-corrected chi connectivity index (χ3v) is 8.19. The van der Waals surface area contributed by atoms with Crippen LogP contribution in [-0.4, -0.2) is 61.7 Å². The van der Waals surface area contributed by atoms with E-state index in [1.807, 2.05) is 30.3 Å². The van der Waals surface area contributed by atoms with Gasteiger partial charge in [0.1, 0.15) is 0 Å². The Labute approximate surface area is 158 Å². The molecule has 0 unspecified atom stereocenters. The van der Waals surface area contributed by atoms with E-state index >= 15 is 0 Å². The quantitative estimate of drug-likeness (QED) is 0.823. The minimum atomic E-state index is -3.14. The predicted molar refractivity (Wildman–Crippen MR) is 104 cm³/mol. The normalized spacial score (nSPS) is 30.3. The van der Waals surface area contributed by atoms with Gasteiger partial charge < -0.3 is 5.11 Å². The molecule has 2 aliphatic rings. The monoisotopic (exact) mass is 380 g/mol. The van der Waals surface area contributed by atoms with E-state index in [4.69, 9.17) is 0 Å². The van der Waals surface area contributed by atoms with E-state index in [0.29, 0.717) is 12.5 Å². The van der Waals surface area contributed by atoms with Crippen LogP contribution >= 0.6 is 0 Å². The Kier molecular flexibility index (Phi) is 6.07. The molecule has 0 radical (unpaired) electrons. The predicted octanol–water partition coefficient (Wildman–Crippen LogP) is 2.42. The van der Waals surface area contributed by atoms with E-state index in [1.54, 1.807) is 14.1 Å². The maximum Gasteiger partial charge on any atom is 0.213 e. The molecule has 0 spiro atoms. The smallest absolute Gasteiger partial charge is 0.213 e. The first-order valence-corrected chi connectivity index (χ1v) is 11.4. The Morgan fingerprint density at radius 1 is 1.19 bits per heavy atom. The Morgan fingerprint density at radius 3 is 2.58 bits per heavy atom. The highest BCUT2D eigenvalue weighted by Gasteiger charge is 2.48.